The first-order valence-electron chi connectivity index (χ1n) is 8.67. The summed E-state index contributed by atoms with van der Waals surface area (Å²) >= 11 is 0. The minimum Gasteiger partial charge on any atom is -0.399 e. The quantitative estimate of drug-likeness (QED) is 0.619. The fraction of sp³-hybridized carbons (Fsp3) is 0.316. The number of rotatable bonds is 8. The van der Waals surface area contributed by atoms with E-state index in [0.717, 1.165) is 18.4 Å². The van der Waals surface area contributed by atoms with Crippen LogP contribution in [-0.4, -0.2) is 20.9 Å². The SMILES string of the molecule is Nc1ccccc1CCC(=O)Nc1ccc(S(=O)(=O)NCC2CC2)cc1. The van der Waals surface area contributed by atoms with Crippen LogP contribution in [0.15, 0.2) is 53.4 Å². The molecule has 0 heterocycles. The number of amides is 1. The minimum atomic E-state index is -3.49. The highest BCUT2D eigenvalue weighted by Crippen LogP contribution is 2.28. The van der Waals surface area contributed by atoms with E-state index < -0.39 is 10.0 Å². The first-order chi connectivity index (χ1) is 12.4. The molecular weight excluding hydrogens is 350 g/mol. The van der Waals surface area contributed by atoms with Crippen molar-refractivity contribution in [2.24, 2.45) is 5.92 Å². The molecule has 2 aromatic rings. The van der Waals surface area contributed by atoms with E-state index in [1.807, 2.05) is 24.3 Å². The van der Waals surface area contributed by atoms with Gasteiger partial charge in [-0.2, -0.15) is 0 Å². The van der Waals surface area contributed by atoms with Crippen molar-refractivity contribution in [1.29, 1.82) is 0 Å². The molecule has 3 rings (SSSR count). The van der Waals surface area contributed by atoms with Crippen LogP contribution in [0.2, 0.25) is 0 Å². The molecule has 0 aromatic heterocycles. The number of hydrogen-bond acceptors (Lipinski definition) is 4. The highest BCUT2D eigenvalue weighted by molar-refractivity contribution is 7.89. The zero-order valence-electron chi connectivity index (χ0n) is 14.4. The molecule has 26 heavy (non-hydrogen) atoms. The number of carbonyl (C=O) groups is 1. The molecule has 2 aromatic carbocycles. The second-order valence-electron chi connectivity index (χ2n) is 6.57. The lowest BCUT2D eigenvalue weighted by atomic mass is 10.1. The molecule has 1 fully saturated rings. The number of nitrogen functional groups attached to an aromatic ring is 1. The number of para-hydroxylation sites is 1. The Bertz CT molecular complexity index is 875. The lowest BCUT2D eigenvalue weighted by molar-refractivity contribution is -0.116. The van der Waals surface area contributed by atoms with Crippen molar-refractivity contribution < 1.29 is 13.2 Å². The predicted octanol–water partition coefficient (Wildman–Crippen LogP) is 2.53. The van der Waals surface area contributed by atoms with Crippen molar-refractivity contribution >= 4 is 27.3 Å². The van der Waals surface area contributed by atoms with Gasteiger partial charge in [0.05, 0.1) is 4.90 Å². The molecule has 0 unspecified atom stereocenters. The Morgan fingerprint density at radius 1 is 1.08 bits per heavy atom. The van der Waals surface area contributed by atoms with Crippen molar-refractivity contribution in [3.05, 3.63) is 54.1 Å². The first kappa shape index (κ1) is 18.4. The third-order valence-corrected chi connectivity index (χ3v) is 5.82. The van der Waals surface area contributed by atoms with Gasteiger partial charge in [-0.05, 0) is 61.1 Å². The van der Waals surface area contributed by atoms with Gasteiger partial charge in [0.25, 0.3) is 0 Å². The molecule has 1 aliphatic rings. The standard InChI is InChI=1S/C19H23N3O3S/c20-18-4-2-1-3-15(18)7-12-19(23)22-16-8-10-17(11-9-16)26(24,25)21-13-14-5-6-14/h1-4,8-11,14,21H,5-7,12-13,20H2,(H,22,23). The van der Waals surface area contributed by atoms with Crippen LogP contribution < -0.4 is 15.8 Å². The number of carbonyl (C=O) groups excluding carboxylic acids is 1. The van der Waals surface area contributed by atoms with Gasteiger partial charge in [0.15, 0.2) is 0 Å². The van der Waals surface area contributed by atoms with E-state index in [2.05, 4.69) is 10.0 Å². The van der Waals surface area contributed by atoms with E-state index in [-0.39, 0.29) is 10.8 Å². The second-order valence-corrected chi connectivity index (χ2v) is 8.33. The molecule has 4 N–H and O–H groups in total. The number of benzene rings is 2. The lowest BCUT2D eigenvalue weighted by Gasteiger charge is -2.09. The van der Waals surface area contributed by atoms with Crippen molar-refractivity contribution in [2.75, 3.05) is 17.6 Å². The van der Waals surface area contributed by atoms with E-state index in [9.17, 15) is 13.2 Å². The molecule has 0 radical (unpaired) electrons. The Morgan fingerprint density at radius 3 is 2.42 bits per heavy atom. The van der Waals surface area contributed by atoms with Gasteiger partial charge < -0.3 is 11.1 Å². The predicted molar refractivity (Wildman–Crippen MR) is 102 cm³/mol. The summed E-state index contributed by atoms with van der Waals surface area (Å²) in [5, 5.41) is 2.78. The van der Waals surface area contributed by atoms with Gasteiger partial charge in [-0.25, -0.2) is 13.1 Å². The van der Waals surface area contributed by atoms with Crippen LogP contribution in [0.5, 0.6) is 0 Å². The second kappa shape index (κ2) is 7.88. The molecular formula is C19H23N3O3S. The Kier molecular flexibility index (Phi) is 5.58. The number of nitrogens with one attached hydrogen (secondary N) is 2. The summed E-state index contributed by atoms with van der Waals surface area (Å²) in [4.78, 5) is 12.3. The van der Waals surface area contributed by atoms with E-state index in [1.54, 1.807) is 12.1 Å². The minimum absolute atomic E-state index is 0.143. The van der Waals surface area contributed by atoms with Gasteiger partial charge in [0.2, 0.25) is 15.9 Å². The largest absolute Gasteiger partial charge is 0.399 e. The van der Waals surface area contributed by atoms with Crippen molar-refractivity contribution in [2.45, 2.75) is 30.6 Å². The van der Waals surface area contributed by atoms with Crippen LogP contribution in [0.25, 0.3) is 0 Å². The molecule has 1 saturated carbocycles. The van der Waals surface area contributed by atoms with Crippen LogP contribution in [-0.2, 0) is 21.2 Å². The zero-order valence-corrected chi connectivity index (χ0v) is 15.3. The summed E-state index contributed by atoms with van der Waals surface area (Å²) in [6.07, 6.45) is 3.03. The van der Waals surface area contributed by atoms with Crippen LogP contribution >= 0.6 is 0 Å². The fourth-order valence-corrected chi connectivity index (χ4v) is 3.70. The third-order valence-electron chi connectivity index (χ3n) is 4.38. The van der Waals surface area contributed by atoms with E-state index in [4.69, 9.17) is 5.73 Å². The summed E-state index contributed by atoms with van der Waals surface area (Å²) < 4.78 is 27.0. The van der Waals surface area contributed by atoms with E-state index >= 15 is 0 Å². The zero-order chi connectivity index (χ0) is 18.6. The monoisotopic (exact) mass is 373 g/mol. The Balaban J connectivity index is 1.53. The van der Waals surface area contributed by atoms with Crippen LogP contribution in [0.4, 0.5) is 11.4 Å². The summed E-state index contributed by atoms with van der Waals surface area (Å²) in [6, 6.07) is 13.6. The van der Waals surface area contributed by atoms with Crippen molar-refractivity contribution in [1.82, 2.24) is 4.72 Å². The molecule has 138 valence electrons. The average molecular weight is 373 g/mol. The normalized spacial score (nSPS) is 14.2. The number of nitrogens with two attached hydrogens (primary N) is 1. The topological polar surface area (TPSA) is 101 Å². The van der Waals surface area contributed by atoms with Crippen LogP contribution in [0, 0.1) is 5.92 Å². The Hall–Kier alpha value is -2.38. The van der Waals surface area contributed by atoms with Gasteiger partial charge in [0, 0.05) is 24.3 Å². The van der Waals surface area contributed by atoms with Crippen LogP contribution in [0.3, 0.4) is 0 Å². The number of anilines is 2. The summed E-state index contributed by atoms with van der Waals surface area (Å²) in [6.45, 7) is 0.490. The first-order valence-corrected chi connectivity index (χ1v) is 10.2. The molecule has 7 heteroatoms. The fourth-order valence-electron chi connectivity index (χ4n) is 2.58. The smallest absolute Gasteiger partial charge is 0.240 e. The molecule has 1 aliphatic carbocycles. The maximum atomic E-state index is 12.2. The molecule has 0 aliphatic heterocycles. The molecule has 0 bridgehead atoms. The lowest BCUT2D eigenvalue weighted by Crippen LogP contribution is -2.25. The molecule has 0 spiro atoms. The van der Waals surface area contributed by atoms with E-state index in [1.165, 1.54) is 12.1 Å². The molecule has 1 amide bonds. The maximum Gasteiger partial charge on any atom is 0.240 e. The van der Waals surface area contributed by atoms with Gasteiger partial charge in [-0.15, -0.1) is 0 Å². The highest BCUT2D eigenvalue weighted by atomic mass is 32.2. The number of hydrogen-bond donors (Lipinski definition) is 3. The van der Waals surface area contributed by atoms with Gasteiger partial charge in [-0.3, -0.25) is 4.79 Å². The maximum absolute atomic E-state index is 12.2. The van der Waals surface area contributed by atoms with Crippen molar-refractivity contribution in [3.8, 4) is 0 Å². The van der Waals surface area contributed by atoms with Crippen molar-refractivity contribution in [3.63, 3.8) is 0 Å². The number of sulfonamides is 1. The number of aryl methyl sites for hydroxylation is 1. The van der Waals surface area contributed by atoms with Gasteiger partial charge in [0.1, 0.15) is 0 Å². The summed E-state index contributed by atoms with van der Waals surface area (Å²) in [5.74, 6) is 0.331. The molecule has 0 saturated heterocycles. The molecule has 0 atom stereocenters. The summed E-state index contributed by atoms with van der Waals surface area (Å²) in [7, 11) is -3.49. The highest BCUT2D eigenvalue weighted by Gasteiger charge is 2.24. The van der Waals surface area contributed by atoms with Gasteiger partial charge >= 0.3 is 0 Å². The summed E-state index contributed by atoms with van der Waals surface area (Å²) in [5.41, 5.74) is 8.05. The molecule has 6 nitrogen and oxygen atoms in total. The van der Waals surface area contributed by atoms with Gasteiger partial charge in [-0.1, -0.05) is 18.2 Å². The Morgan fingerprint density at radius 2 is 1.77 bits per heavy atom. The Labute approximate surface area is 153 Å². The average Bonchev–Trinajstić information content (AvgIpc) is 3.44. The third kappa shape index (κ3) is 5.06. The van der Waals surface area contributed by atoms with Crippen LogP contribution in [0.1, 0.15) is 24.8 Å². The van der Waals surface area contributed by atoms with E-state index in [0.29, 0.717) is 36.7 Å².